The lowest BCUT2D eigenvalue weighted by molar-refractivity contribution is -0.149. The zero-order valence-electron chi connectivity index (χ0n) is 12.3. The number of morpholine rings is 1. The van der Waals surface area contributed by atoms with E-state index < -0.39 is 0 Å². The van der Waals surface area contributed by atoms with Gasteiger partial charge >= 0.3 is 5.97 Å². The average molecular weight is 284 g/mol. The number of ether oxygens (including phenoxy) is 2. The van der Waals surface area contributed by atoms with Gasteiger partial charge in [-0.3, -0.25) is 14.5 Å². The quantitative estimate of drug-likeness (QED) is 0.689. The Kier molecular flexibility index (Phi) is 5.37. The molecule has 2 fully saturated rings. The van der Waals surface area contributed by atoms with Crippen LogP contribution in [0.4, 0.5) is 0 Å². The van der Waals surface area contributed by atoms with Gasteiger partial charge in [-0.15, -0.1) is 0 Å². The Bertz CT molecular complexity index is 361. The first kappa shape index (κ1) is 15.3. The van der Waals surface area contributed by atoms with Crippen LogP contribution in [0.5, 0.6) is 0 Å². The van der Waals surface area contributed by atoms with Crippen LogP contribution >= 0.6 is 0 Å². The smallest absolute Gasteiger partial charge is 0.309 e. The maximum Gasteiger partial charge on any atom is 0.309 e. The summed E-state index contributed by atoms with van der Waals surface area (Å²) in [4.78, 5) is 27.8. The van der Waals surface area contributed by atoms with Crippen molar-refractivity contribution >= 4 is 11.9 Å². The number of carbonyl (C=O) groups excluding carboxylic acids is 2. The molecule has 0 saturated carbocycles. The highest BCUT2D eigenvalue weighted by Crippen LogP contribution is 2.18. The maximum atomic E-state index is 12.3. The van der Waals surface area contributed by atoms with Crippen LogP contribution in [0, 0.1) is 5.92 Å². The Balaban J connectivity index is 1.82. The second kappa shape index (κ2) is 7.04. The summed E-state index contributed by atoms with van der Waals surface area (Å²) in [6, 6.07) is 0. The number of rotatable bonds is 3. The fourth-order valence-corrected chi connectivity index (χ4v) is 2.89. The summed E-state index contributed by atoms with van der Waals surface area (Å²) >= 11 is 0. The lowest BCUT2D eigenvalue weighted by Crippen LogP contribution is -2.50. The number of piperidine rings is 1. The summed E-state index contributed by atoms with van der Waals surface area (Å²) in [6.07, 6.45) is 1.90. The number of carbonyl (C=O) groups is 2. The third kappa shape index (κ3) is 3.93. The maximum absolute atomic E-state index is 12.3. The van der Waals surface area contributed by atoms with Gasteiger partial charge in [0.15, 0.2) is 0 Å². The van der Waals surface area contributed by atoms with E-state index in [9.17, 15) is 9.59 Å². The molecule has 114 valence electrons. The van der Waals surface area contributed by atoms with E-state index in [1.165, 1.54) is 7.11 Å². The van der Waals surface area contributed by atoms with Crippen LogP contribution in [-0.4, -0.2) is 74.2 Å². The SMILES string of the molecule is COC(=O)[C@H]1CCCN(CC(=O)N2CCOC(C)C2)C1. The Hall–Kier alpha value is -1.14. The summed E-state index contributed by atoms with van der Waals surface area (Å²) in [7, 11) is 1.42. The van der Waals surface area contributed by atoms with E-state index in [0.717, 1.165) is 19.4 Å². The highest BCUT2D eigenvalue weighted by molar-refractivity contribution is 5.78. The molecule has 6 nitrogen and oxygen atoms in total. The van der Waals surface area contributed by atoms with E-state index in [1.54, 1.807) is 0 Å². The molecule has 1 amide bonds. The molecule has 6 heteroatoms. The molecule has 2 rings (SSSR count). The first-order valence-corrected chi connectivity index (χ1v) is 7.29. The second-order valence-corrected chi connectivity index (χ2v) is 5.62. The number of methoxy groups -OCH3 is 1. The van der Waals surface area contributed by atoms with Crippen molar-refractivity contribution in [3.05, 3.63) is 0 Å². The first-order valence-electron chi connectivity index (χ1n) is 7.29. The highest BCUT2D eigenvalue weighted by atomic mass is 16.5. The van der Waals surface area contributed by atoms with E-state index in [1.807, 2.05) is 11.8 Å². The molecule has 0 N–H and O–H groups in total. The number of likely N-dealkylation sites (tertiary alicyclic amines) is 1. The molecule has 2 heterocycles. The standard InChI is InChI=1S/C14H24N2O4/c1-11-8-16(6-7-20-11)13(17)10-15-5-3-4-12(9-15)14(18)19-2/h11-12H,3-10H2,1-2H3/t11?,12-/m0/s1. The average Bonchev–Trinajstić information content (AvgIpc) is 2.46. The number of nitrogens with zero attached hydrogens (tertiary/aromatic N) is 2. The van der Waals surface area contributed by atoms with Crippen LogP contribution in [0.1, 0.15) is 19.8 Å². The van der Waals surface area contributed by atoms with Gasteiger partial charge in [-0.25, -0.2) is 0 Å². The number of amides is 1. The minimum Gasteiger partial charge on any atom is -0.469 e. The molecule has 0 aliphatic carbocycles. The van der Waals surface area contributed by atoms with Gasteiger partial charge < -0.3 is 14.4 Å². The van der Waals surface area contributed by atoms with Gasteiger partial charge in [-0.05, 0) is 26.3 Å². The van der Waals surface area contributed by atoms with E-state index in [2.05, 4.69) is 4.90 Å². The summed E-state index contributed by atoms with van der Waals surface area (Å²) in [5, 5.41) is 0. The summed E-state index contributed by atoms with van der Waals surface area (Å²) in [5.41, 5.74) is 0. The Morgan fingerprint density at radius 3 is 2.80 bits per heavy atom. The van der Waals surface area contributed by atoms with Crippen LogP contribution in [0.2, 0.25) is 0 Å². The molecule has 2 aliphatic rings. The molecule has 0 aromatic heterocycles. The summed E-state index contributed by atoms with van der Waals surface area (Å²) in [5.74, 6) is -0.127. The summed E-state index contributed by atoms with van der Waals surface area (Å²) in [6.45, 7) is 5.80. The van der Waals surface area contributed by atoms with E-state index in [4.69, 9.17) is 9.47 Å². The predicted octanol–water partition coefficient (Wildman–Crippen LogP) is 0.119. The van der Waals surface area contributed by atoms with Crippen molar-refractivity contribution in [2.75, 3.05) is 46.4 Å². The fourth-order valence-electron chi connectivity index (χ4n) is 2.89. The van der Waals surface area contributed by atoms with Gasteiger partial charge in [-0.1, -0.05) is 0 Å². The lowest BCUT2D eigenvalue weighted by atomic mass is 9.98. The molecular weight excluding hydrogens is 260 g/mol. The van der Waals surface area contributed by atoms with Gasteiger partial charge in [-0.2, -0.15) is 0 Å². The summed E-state index contributed by atoms with van der Waals surface area (Å²) < 4.78 is 10.2. The number of hydrogen-bond donors (Lipinski definition) is 0. The Morgan fingerprint density at radius 2 is 2.10 bits per heavy atom. The van der Waals surface area contributed by atoms with E-state index >= 15 is 0 Å². The zero-order chi connectivity index (χ0) is 14.5. The monoisotopic (exact) mass is 284 g/mol. The molecule has 0 aromatic rings. The van der Waals surface area contributed by atoms with Crippen LogP contribution in [0.25, 0.3) is 0 Å². The third-order valence-electron chi connectivity index (χ3n) is 3.99. The second-order valence-electron chi connectivity index (χ2n) is 5.62. The van der Waals surface area contributed by atoms with Crippen molar-refractivity contribution in [3.63, 3.8) is 0 Å². The molecule has 2 saturated heterocycles. The zero-order valence-corrected chi connectivity index (χ0v) is 12.3. The van der Waals surface area contributed by atoms with Crippen molar-refractivity contribution < 1.29 is 19.1 Å². The molecule has 20 heavy (non-hydrogen) atoms. The predicted molar refractivity (Wildman–Crippen MR) is 73.2 cm³/mol. The van der Waals surface area contributed by atoms with Crippen LogP contribution in [0.3, 0.4) is 0 Å². The van der Waals surface area contributed by atoms with Gasteiger partial charge in [0.1, 0.15) is 0 Å². The molecular formula is C14H24N2O4. The van der Waals surface area contributed by atoms with Crippen LogP contribution in [0.15, 0.2) is 0 Å². The highest BCUT2D eigenvalue weighted by Gasteiger charge is 2.29. The van der Waals surface area contributed by atoms with Crippen molar-refractivity contribution in [1.82, 2.24) is 9.80 Å². The van der Waals surface area contributed by atoms with Crippen molar-refractivity contribution in [2.24, 2.45) is 5.92 Å². The Labute approximate surface area is 120 Å². The minimum atomic E-state index is -0.165. The Morgan fingerprint density at radius 1 is 1.30 bits per heavy atom. The van der Waals surface area contributed by atoms with Crippen molar-refractivity contribution in [2.45, 2.75) is 25.9 Å². The van der Waals surface area contributed by atoms with Gasteiger partial charge in [0.2, 0.25) is 5.91 Å². The largest absolute Gasteiger partial charge is 0.469 e. The van der Waals surface area contributed by atoms with Crippen LogP contribution in [-0.2, 0) is 19.1 Å². The van der Waals surface area contributed by atoms with Gasteiger partial charge in [0.25, 0.3) is 0 Å². The molecule has 0 spiro atoms. The third-order valence-corrected chi connectivity index (χ3v) is 3.99. The lowest BCUT2D eigenvalue weighted by Gasteiger charge is -2.35. The van der Waals surface area contributed by atoms with E-state index in [-0.39, 0.29) is 23.9 Å². The first-order chi connectivity index (χ1) is 9.60. The fraction of sp³-hybridized carbons (Fsp3) is 0.857. The molecule has 2 atom stereocenters. The van der Waals surface area contributed by atoms with Crippen molar-refractivity contribution in [1.29, 1.82) is 0 Å². The number of hydrogen-bond acceptors (Lipinski definition) is 5. The van der Waals surface area contributed by atoms with E-state index in [0.29, 0.717) is 32.8 Å². The molecule has 1 unspecified atom stereocenters. The molecule has 0 aromatic carbocycles. The van der Waals surface area contributed by atoms with Gasteiger partial charge in [0.05, 0.1) is 32.3 Å². The van der Waals surface area contributed by atoms with Gasteiger partial charge in [0, 0.05) is 19.6 Å². The molecule has 0 bridgehead atoms. The minimum absolute atomic E-state index is 0.0924. The van der Waals surface area contributed by atoms with Crippen molar-refractivity contribution in [3.8, 4) is 0 Å². The van der Waals surface area contributed by atoms with Crippen LogP contribution < -0.4 is 0 Å². The molecule has 0 radical (unpaired) electrons. The number of esters is 1. The normalized spacial score (nSPS) is 28.2. The molecule has 2 aliphatic heterocycles. The topological polar surface area (TPSA) is 59.1 Å².